The number of carbonyl (C=O) groups is 1. The Balaban J connectivity index is 2.20. The molecular formula is C15H22N2O3. The smallest absolute Gasteiger partial charge is 0.358 e. The maximum absolute atomic E-state index is 11.3. The van der Waals surface area contributed by atoms with Gasteiger partial charge in [-0.2, -0.15) is 0 Å². The molecule has 0 amide bonds. The molecule has 20 heavy (non-hydrogen) atoms. The number of carboxylic acids is 1. The van der Waals surface area contributed by atoms with E-state index in [0.29, 0.717) is 17.5 Å². The van der Waals surface area contributed by atoms with Gasteiger partial charge >= 0.3 is 5.97 Å². The number of aromatic carboxylic acids is 1. The summed E-state index contributed by atoms with van der Waals surface area (Å²) in [4.78, 5) is 19.7. The van der Waals surface area contributed by atoms with Gasteiger partial charge in [0, 0.05) is 5.92 Å². The highest BCUT2D eigenvalue weighted by atomic mass is 16.5. The molecule has 1 fully saturated rings. The van der Waals surface area contributed by atoms with Crippen molar-refractivity contribution >= 4 is 5.97 Å². The first-order valence-electron chi connectivity index (χ1n) is 7.24. The Morgan fingerprint density at radius 1 is 1.45 bits per heavy atom. The zero-order chi connectivity index (χ0) is 14.7. The number of carboxylic acid groups (broad SMARTS) is 1. The van der Waals surface area contributed by atoms with E-state index in [2.05, 4.69) is 16.9 Å². The first kappa shape index (κ1) is 14.8. The van der Waals surface area contributed by atoms with Crippen LogP contribution in [-0.4, -0.2) is 27.1 Å². The van der Waals surface area contributed by atoms with E-state index in [9.17, 15) is 9.90 Å². The van der Waals surface area contributed by atoms with Crippen LogP contribution in [-0.2, 0) is 0 Å². The third-order valence-corrected chi connectivity index (χ3v) is 3.67. The van der Waals surface area contributed by atoms with Gasteiger partial charge in [-0.05, 0) is 25.2 Å². The Morgan fingerprint density at radius 2 is 2.20 bits per heavy atom. The van der Waals surface area contributed by atoms with Crippen molar-refractivity contribution in [3.63, 3.8) is 0 Å². The molecule has 0 radical (unpaired) electrons. The van der Waals surface area contributed by atoms with Crippen LogP contribution in [0.2, 0.25) is 0 Å². The molecule has 0 bridgehead atoms. The summed E-state index contributed by atoms with van der Waals surface area (Å²) in [7, 11) is 0. The second kappa shape index (κ2) is 6.20. The van der Waals surface area contributed by atoms with Crippen molar-refractivity contribution in [2.75, 3.05) is 0 Å². The predicted octanol–water partition coefficient (Wildman–Crippen LogP) is 3.26. The average molecular weight is 278 g/mol. The van der Waals surface area contributed by atoms with Crippen LogP contribution < -0.4 is 4.74 Å². The molecule has 110 valence electrons. The Kier molecular flexibility index (Phi) is 4.57. The number of hydrogen-bond acceptors (Lipinski definition) is 4. The number of rotatable bonds is 4. The van der Waals surface area contributed by atoms with Crippen molar-refractivity contribution in [2.45, 2.75) is 58.5 Å². The van der Waals surface area contributed by atoms with Crippen LogP contribution in [0.3, 0.4) is 0 Å². The highest BCUT2D eigenvalue weighted by Gasteiger charge is 2.24. The fourth-order valence-electron chi connectivity index (χ4n) is 2.57. The van der Waals surface area contributed by atoms with Gasteiger partial charge in [-0.3, -0.25) is 0 Å². The van der Waals surface area contributed by atoms with Crippen LogP contribution in [0, 0.1) is 5.92 Å². The van der Waals surface area contributed by atoms with E-state index in [4.69, 9.17) is 4.74 Å². The summed E-state index contributed by atoms with van der Waals surface area (Å²) in [6, 6.07) is 0. The molecule has 2 atom stereocenters. The molecule has 1 heterocycles. The zero-order valence-corrected chi connectivity index (χ0v) is 12.3. The molecule has 1 saturated carbocycles. The molecule has 0 aromatic carbocycles. The number of hydrogen-bond donors (Lipinski definition) is 1. The molecule has 1 N–H and O–H groups in total. The third kappa shape index (κ3) is 3.46. The van der Waals surface area contributed by atoms with Crippen molar-refractivity contribution in [1.82, 2.24) is 9.97 Å². The van der Waals surface area contributed by atoms with Crippen molar-refractivity contribution in [2.24, 2.45) is 5.92 Å². The minimum absolute atomic E-state index is 0.0260. The van der Waals surface area contributed by atoms with Crippen molar-refractivity contribution in [3.05, 3.63) is 17.7 Å². The normalized spacial score (nSPS) is 22.8. The van der Waals surface area contributed by atoms with Gasteiger partial charge < -0.3 is 9.84 Å². The van der Waals surface area contributed by atoms with E-state index >= 15 is 0 Å². The van der Waals surface area contributed by atoms with E-state index in [1.54, 1.807) is 0 Å². The van der Waals surface area contributed by atoms with Crippen LogP contribution in [0.5, 0.6) is 5.75 Å². The van der Waals surface area contributed by atoms with Crippen LogP contribution in [0.25, 0.3) is 0 Å². The van der Waals surface area contributed by atoms with Gasteiger partial charge in [0.2, 0.25) is 0 Å². The van der Waals surface area contributed by atoms with Gasteiger partial charge in [0.15, 0.2) is 11.4 Å². The largest absolute Gasteiger partial charge is 0.486 e. The Labute approximate surface area is 119 Å². The highest BCUT2D eigenvalue weighted by Crippen LogP contribution is 2.28. The highest BCUT2D eigenvalue weighted by molar-refractivity contribution is 5.88. The maximum Gasteiger partial charge on any atom is 0.358 e. The SMILES string of the molecule is CC1CCCC(Oc2cnc(C(C)C)nc2C(=O)O)C1. The summed E-state index contributed by atoms with van der Waals surface area (Å²) in [6.45, 7) is 6.07. The van der Waals surface area contributed by atoms with Crippen LogP contribution in [0.1, 0.15) is 68.7 Å². The van der Waals surface area contributed by atoms with E-state index in [1.807, 2.05) is 13.8 Å². The van der Waals surface area contributed by atoms with Crippen LogP contribution >= 0.6 is 0 Å². The fourth-order valence-corrected chi connectivity index (χ4v) is 2.57. The molecule has 1 aliphatic carbocycles. The number of aromatic nitrogens is 2. The second-order valence-electron chi connectivity index (χ2n) is 5.91. The lowest BCUT2D eigenvalue weighted by Gasteiger charge is -2.27. The van der Waals surface area contributed by atoms with E-state index in [0.717, 1.165) is 19.3 Å². The summed E-state index contributed by atoms with van der Waals surface area (Å²) in [5.41, 5.74) is -0.0260. The Hall–Kier alpha value is -1.65. The lowest BCUT2D eigenvalue weighted by Crippen LogP contribution is -2.25. The van der Waals surface area contributed by atoms with Gasteiger partial charge in [-0.25, -0.2) is 14.8 Å². The van der Waals surface area contributed by atoms with Crippen LogP contribution in [0.15, 0.2) is 6.20 Å². The third-order valence-electron chi connectivity index (χ3n) is 3.67. The molecule has 1 aromatic rings. The first-order valence-corrected chi connectivity index (χ1v) is 7.24. The minimum Gasteiger partial charge on any atom is -0.486 e. The summed E-state index contributed by atoms with van der Waals surface area (Å²) in [5, 5.41) is 9.28. The Morgan fingerprint density at radius 3 is 2.80 bits per heavy atom. The van der Waals surface area contributed by atoms with Gasteiger partial charge in [0.1, 0.15) is 5.82 Å². The molecule has 2 rings (SSSR count). The van der Waals surface area contributed by atoms with Crippen LogP contribution in [0.4, 0.5) is 0 Å². The molecule has 0 aliphatic heterocycles. The van der Waals surface area contributed by atoms with Gasteiger partial charge in [0.25, 0.3) is 0 Å². The standard InChI is InChI=1S/C15H22N2O3/c1-9(2)14-16-8-12(13(17-14)15(18)19)20-11-6-4-5-10(3)7-11/h8-11H,4-7H2,1-3H3,(H,18,19). The summed E-state index contributed by atoms with van der Waals surface area (Å²) >= 11 is 0. The number of ether oxygens (including phenoxy) is 1. The quantitative estimate of drug-likeness (QED) is 0.915. The van der Waals surface area contributed by atoms with Crippen molar-refractivity contribution < 1.29 is 14.6 Å². The molecule has 5 nitrogen and oxygen atoms in total. The maximum atomic E-state index is 11.3. The molecule has 0 saturated heterocycles. The van der Waals surface area contributed by atoms with Crippen molar-refractivity contribution in [1.29, 1.82) is 0 Å². The average Bonchev–Trinajstić information content (AvgIpc) is 2.38. The second-order valence-corrected chi connectivity index (χ2v) is 5.91. The topological polar surface area (TPSA) is 72.3 Å². The van der Waals surface area contributed by atoms with E-state index in [1.165, 1.54) is 12.6 Å². The minimum atomic E-state index is -1.06. The number of nitrogens with zero attached hydrogens (tertiary/aromatic N) is 2. The molecular weight excluding hydrogens is 256 g/mol. The predicted molar refractivity (Wildman–Crippen MR) is 75.1 cm³/mol. The molecule has 1 aromatic heterocycles. The van der Waals surface area contributed by atoms with Gasteiger partial charge in [0.05, 0.1) is 12.3 Å². The lowest BCUT2D eigenvalue weighted by atomic mass is 9.89. The fraction of sp³-hybridized carbons (Fsp3) is 0.667. The van der Waals surface area contributed by atoms with E-state index < -0.39 is 5.97 Å². The van der Waals surface area contributed by atoms with E-state index in [-0.39, 0.29) is 17.7 Å². The summed E-state index contributed by atoms with van der Waals surface area (Å²) in [5.74, 6) is 0.482. The molecule has 2 unspecified atom stereocenters. The monoisotopic (exact) mass is 278 g/mol. The van der Waals surface area contributed by atoms with Crippen molar-refractivity contribution in [3.8, 4) is 5.75 Å². The first-order chi connectivity index (χ1) is 9.47. The molecule has 0 spiro atoms. The Bertz CT molecular complexity index is 488. The summed E-state index contributed by atoms with van der Waals surface area (Å²) < 4.78 is 5.85. The zero-order valence-electron chi connectivity index (χ0n) is 12.3. The molecule has 1 aliphatic rings. The molecule has 5 heteroatoms. The summed E-state index contributed by atoms with van der Waals surface area (Å²) in [6.07, 6.45) is 5.85. The van der Waals surface area contributed by atoms with Gasteiger partial charge in [-0.1, -0.05) is 27.2 Å². The lowest BCUT2D eigenvalue weighted by molar-refractivity contribution is 0.0674. The van der Waals surface area contributed by atoms with Gasteiger partial charge in [-0.15, -0.1) is 0 Å².